The van der Waals surface area contributed by atoms with Gasteiger partial charge in [-0.15, -0.1) is 0 Å². The lowest BCUT2D eigenvalue weighted by molar-refractivity contribution is -0.132. The Bertz CT molecular complexity index is 278. The standard InChI is InChI=1S/C16H32N2O/c1-6-7-8-9-10-13(4)18-14(5)17-15(16(18)19)11-12(2)3/h12-15,17H,6-11H2,1-5H3. The second-order valence-corrected chi connectivity index (χ2v) is 6.47. The molecule has 112 valence electrons. The molecule has 0 spiro atoms. The summed E-state index contributed by atoms with van der Waals surface area (Å²) in [5.41, 5.74) is 0. The summed E-state index contributed by atoms with van der Waals surface area (Å²) in [6.07, 6.45) is 7.38. The molecule has 0 bridgehead atoms. The topological polar surface area (TPSA) is 32.3 Å². The molecular weight excluding hydrogens is 236 g/mol. The number of carbonyl (C=O) groups is 1. The molecule has 0 aliphatic carbocycles. The number of unbranched alkanes of at least 4 members (excludes halogenated alkanes) is 3. The third kappa shape index (κ3) is 4.79. The minimum Gasteiger partial charge on any atom is -0.323 e. The van der Waals surface area contributed by atoms with Gasteiger partial charge in [-0.05, 0) is 32.6 Å². The summed E-state index contributed by atoms with van der Waals surface area (Å²) in [5.74, 6) is 0.873. The summed E-state index contributed by atoms with van der Waals surface area (Å²) in [6.45, 7) is 10.9. The third-order valence-electron chi connectivity index (χ3n) is 4.07. The fourth-order valence-corrected chi connectivity index (χ4v) is 3.06. The molecular formula is C16H32N2O. The zero-order valence-corrected chi connectivity index (χ0v) is 13.4. The molecule has 3 unspecified atom stereocenters. The van der Waals surface area contributed by atoms with Crippen molar-refractivity contribution >= 4 is 5.91 Å². The Hall–Kier alpha value is -0.570. The third-order valence-corrected chi connectivity index (χ3v) is 4.07. The van der Waals surface area contributed by atoms with Crippen molar-refractivity contribution in [1.29, 1.82) is 0 Å². The quantitative estimate of drug-likeness (QED) is 0.683. The van der Waals surface area contributed by atoms with E-state index in [9.17, 15) is 4.79 Å². The van der Waals surface area contributed by atoms with Gasteiger partial charge in [-0.2, -0.15) is 0 Å². The number of hydrogen-bond acceptors (Lipinski definition) is 2. The van der Waals surface area contributed by atoms with E-state index in [1.54, 1.807) is 0 Å². The highest BCUT2D eigenvalue weighted by Gasteiger charge is 2.38. The van der Waals surface area contributed by atoms with Gasteiger partial charge in [0.2, 0.25) is 5.91 Å². The first-order valence-corrected chi connectivity index (χ1v) is 8.05. The van der Waals surface area contributed by atoms with Crippen LogP contribution in [0.25, 0.3) is 0 Å². The van der Waals surface area contributed by atoms with E-state index >= 15 is 0 Å². The van der Waals surface area contributed by atoms with Crippen molar-refractivity contribution in [3.8, 4) is 0 Å². The van der Waals surface area contributed by atoms with Crippen LogP contribution < -0.4 is 5.32 Å². The molecule has 0 saturated carbocycles. The molecule has 1 heterocycles. The number of nitrogens with zero attached hydrogens (tertiary/aromatic N) is 1. The Kier molecular flexibility index (Phi) is 6.84. The van der Waals surface area contributed by atoms with E-state index in [1.807, 2.05) is 0 Å². The van der Waals surface area contributed by atoms with Gasteiger partial charge in [0.05, 0.1) is 12.2 Å². The highest BCUT2D eigenvalue weighted by molar-refractivity contribution is 5.84. The van der Waals surface area contributed by atoms with Gasteiger partial charge in [0, 0.05) is 6.04 Å². The van der Waals surface area contributed by atoms with Crippen LogP contribution >= 0.6 is 0 Å². The molecule has 3 atom stereocenters. The maximum Gasteiger partial charge on any atom is 0.241 e. The maximum absolute atomic E-state index is 12.4. The summed E-state index contributed by atoms with van der Waals surface area (Å²) in [7, 11) is 0. The molecule has 0 radical (unpaired) electrons. The Morgan fingerprint density at radius 3 is 2.47 bits per heavy atom. The van der Waals surface area contributed by atoms with Gasteiger partial charge in [0.15, 0.2) is 0 Å². The smallest absolute Gasteiger partial charge is 0.241 e. The highest BCUT2D eigenvalue weighted by atomic mass is 16.2. The van der Waals surface area contributed by atoms with Gasteiger partial charge in [0.25, 0.3) is 0 Å². The van der Waals surface area contributed by atoms with E-state index in [4.69, 9.17) is 0 Å². The molecule has 3 heteroatoms. The number of carbonyl (C=O) groups excluding carboxylic acids is 1. The number of hydrogen-bond donors (Lipinski definition) is 1. The van der Waals surface area contributed by atoms with E-state index in [2.05, 4.69) is 44.8 Å². The molecule has 1 N–H and O–H groups in total. The van der Waals surface area contributed by atoms with Crippen molar-refractivity contribution < 1.29 is 4.79 Å². The van der Waals surface area contributed by atoms with Crippen LogP contribution in [0.5, 0.6) is 0 Å². The van der Waals surface area contributed by atoms with Crippen molar-refractivity contribution in [2.75, 3.05) is 0 Å². The molecule has 1 aliphatic rings. The predicted molar refractivity (Wildman–Crippen MR) is 80.9 cm³/mol. The SMILES string of the molecule is CCCCCCC(C)N1C(=O)C(CC(C)C)NC1C. The van der Waals surface area contributed by atoms with Crippen LogP contribution in [0.2, 0.25) is 0 Å². The Morgan fingerprint density at radius 2 is 1.89 bits per heavy atom. The van der Waals surface area contributed by atoms with Gasteiger partial charge in [-0.25, -0.2) is 0 Å². The van der Waals surface area contributed by atoms with Gasteiger partial charge >= 0.3 is 0 Å². The summed E-state index contributed by atoms with van der Waals surface area (Å²) in [4.78, 5) is 14.5. The van der Waals surface area contributed by atoms with E-state index in [0.29, 0.717) is 17.9 Å². The number of amides is 1. The average molecular weight is 268 g/mol. The molecule has 3 nitrogen and oxygen atoms in total. The minimum atomic E-state index is 0.0353. The van der Waals surface area contributed by atoms with Crippen molar-refractivity contribution in [2.45, 2.75) is 91.4 Å². The van der Waals surface area contributed by atoms with E-state index in [0.717, 1.165) is 12.8 Å². The Balaban J connectivity index is 2.45. The van der Waals surface area contributed by atoms with E-state index in [1.165, 1.54) is 25.7 Å². The zero-order chi connectivity index (χ0) is 14.4. The average Bonchev–Trinajstić information content (AvgIpc) is 2.59. The zero-order valence-electron chi connectivity index (χ0n) is 13.4. The largest absolute Gasteiger partial charge is 0.323 e. The van der Waals surface area contributed by atoms with Gasteiger partial charge in [-0.3, -0.25) is 10.1 Å². The molecule has 0 aromatic heterocycles. The van der Waals surface area contributed by atoms with Crippen LogP contribution in [0.4, 0.5) is 0 Å². The number of rotatable bonds is 8. The summed E-state index contributed by atoms with van der Waals surface area (Å²) >= 11 is 0. The summed E-state index contributed by atoms with van der Waals surface area (Å²) in [5, 5.41) is 3.44. The Labute approximate surface area is 119 Å². The molecule has 1 aliphatic heterocycles. The molecule has 0 aromatic rings. The predicted octanol–water partition coefficient (Wildman–Crippen LogP) is 3.54. The second-order valence-electron chi connectivity index (χ2n) is 6.47. The fourth-order valence-electron chi connectivity index (χ4n) is 3.06. The van der Waals surface area contributed by atoms with Crippen molar-refractivity contribution in [3.63, 3.8) is 0 Å². The van der Waals surface area contributed by atoms with Gasteiger partial charge in [-0.1, -0.05) is 46.5 Å². The van der Waals surface area contributed by atoms with Crippen LogP contribution in [-0.4, -0.2) is 29.1 Å². The first-order valence-electron chi connectivity index (χ1n) is 8.05. The van der Waals surface area contributed by atoms with Crippen molar-refractivity contribution in [1.82, 2.24) is 10.2 Å². The van der Waals surface area contributed by atoms with Gasteiger partial charge < -0.3 is 4.90 Å². The molecule has 1 amide bonds. The lowest BCUT2D eigenvalue weighted by atomic mass is 10.0. The summed E-state index contributed by atoms with van der Waals surface area (Å²) in [6, 6.07) is 0.400. The van der Waals surface area contributed by atoms with Crippen LogP contribution in [-0.2, 0) is 4.79 Å². The number of nitrogens with one attached hydrogen (secondary N) is 1. The van der Waals surface area contributed by atoms with Gasteiger partial charge in [0.1, 0.15) is 0 Å². The van der Waals surface area contributed by atoms with Crippen LogP contribution in [0.3, 0.4) is 0 Å². The molecule has 1 fully saturated rings. The lowest BCUT2D eigenvalue weighted by Gasteiger charge is -2.28. The first-order chi connectivity index (χ1) is 8.97. The molecule has 19 heavy (non-hydrogen) atoms. The van der Waals surface area contributed by atoms with Crippen molar-refractivity contribution in [2.24, 2.45) is 5.92 Å². The fraction of sp³-hybridized carbons (Fsp3) is 0.938. The molecule has 0 aromatic carbocycles. The minimum absolute atomic E-state index is 0.0353. The monoisotopic (exact) mass is 268 g/mol. The second kappa shape index (κ2) is 7.88. The van der Waals surface area contributed by atoms with Crippen LogP contribution in [0.1, 0.15) is 73.1 Å². The molecule has 1 saturated heterocycles. The highest BCUT2D eigenvalue weighted by Crippen LogP contribution is 2.21. The van der Waals surface area contributed by atoms with E-state index in [-0.39, 0.29) is 12.2 Å². The maximum atomic E-state index is 12.4. The summed E-state index contributed by atoms with van der Waals surface area (Å²) < 4.78 is 0. The normalized spacial score (nSPS) is 25.4. The van der Waals surface area contributed by atoms with Crippen LogP contribution in [0, 0.1) is 5.92 Å². The van der Waals surface area contributed by atoms with Crippen LogP contribution in [0.15, 0.2) is 0 Å². The lowest BCUT2D eigenvalue weighted by Crippen LogP contribution is -2.41. The first kappa shape index (κ1) is 16.5. The van der Waals surface area contributed by atoms with Crippen molar-refractivity contribution in [3.05, 3.63) is 0 Å². The molecule has 1 rings (SSSR count). The Morgan fingerprint density at radius 1 is 1.21 bits per heavy atom. The van der Waals surface area contributed by atoms with E-state index < -0.39 is 0 Å².